The van der Waals surface area contributed by atoms with Gasteiger partial charge in [0.1, 0.15) is 29.8 Å². The summed E-state index contributed by atoms with van der Waals surface area (Å²) in [5.74, 6) is 0.613. The van der Waals surface area contributed by atoms with Crippen LogP contribution >= 0.6 is 0 Å². The quantitative estimate of drug-likeness (QED) is 0.179. The number of imidazole rings is 1. The van der Waals surface area contributed by atoms with E-state index in [9.17, 15) is 19.8 Å². The van der Waals surface area contributed by atoms with E-state index in [1.54, 1.807) is 35.8 Å². The third-order valence-electron chi connectivity index (χ3n) is 7.75. The number of nitrogens with one attached hydrogen (secondary N) is 2. The van der Waals surface area contributed by atoms with Crippen LogP contribution in [0.2, 0.25) is 0 Å². The van der Waals surface area contributed by atoms with E-state index in [1.165, 1.54) is 52.0 Å². The number of aryl methyl sites for hydroxylation is 1. The number of carbonyl (C=O) groups is 2. The Hall–Kier alpha value is -3.61. The third-order valence-corrected chi connectivity index (χ3v) is 7.75. The molecule has 0 aliphatic carbocycles. The SMILES string of the molecule is CCCCCCCCCCCC(=O)Nc1nc(C)nc2c1ncn2[C@@H]1O[C@H](CO)[C@@H](O)[C@H]1NC(=O)c1cccc(OC)c1. The van der Waals surface area contributed by atoms with Gasteiger partial charge in [-0.15, -0.1) is 0 Å². The lowest BCUT2D eigenvalue weighted by molar-refractivity contribution is -0.116. The number of nitrogens with zero attached hydrogens (tertiary/aromatic N) is 4. The van der Waals surface area contributed by atoms with Crippen LogP contribution in [-0.4, -0.2) is 73.5 Å². The predicted octanol–water partition coefficient (Wildman–Crippen LogP) is 4.05. The maximum atomic E-state index is 13.1. The molecular formula is C31H44N6O6. The van der Waals surface area contributed by atoms with Crippen molar-refractivity contribution in [3.8, 4) is 5.75 Å². The zero-order chi connectivity index (χ0) is 30.8. The van der Waals surface area contributed by atoms with Crippen LogP contribution in [0.1, 0.15) is 93.5 Å². The van der Waals surface area contributed by atoms with E-state index in [0.29, 0.717) is 34.7 Å². The lowest BCUT2D eigenvalue weighted by Gasteiger charge is -2.23. The van der Waals surface area contributed by atoms with Gasteiger partial charge in [0.2, 0.25) is 5.91 Å². The molecule has 0 spiro atoms. The van der Waals surface area contributed by atoms with Crippen LogP contribution in [0.15, 0.2) is 30.6 Å². The number of hydrogen-bond acceptors (Lipinski definition) is 9. The number of aromatic nitrogens is 4. The maximum absolute atomic E-state index is 13.1. The highest BCUT2D eigenvalue weighted by atomic mass is 16.5. The smallest absolute Gasteiger partial charge is 0.251 e. The number of ether oxygens (including phenoxy) is 2. The lowest BCUT2D eigenvalue weighted by Crippen LogP contribution is -2.46. The van der Waals surface area contributed by atoms with Crippen molar-refractivity contribution in [1.82, 2.24) is 24.8 Å². The van der Waals surface area contributed by atoms with Gasteiger partial charge in [0.15, 0.2) is 23.2 Å². The van der Waals surface area contributed by atoms with E-state index in [1.807, 2.05) is 0 Å². The van der Waals surface area contributed by atoms with Crippen molar-refractivity contribution in [3.05, 3.63) is 42.0 Å². The first-order valence-corrected chi connectivity index (χ1v) is 15.3. The van der Waals surface area contributed by atoms with Gasteiger partial charge in [-0.25, -0.2) is 15.0 Å². The molecule has 43 heavy (non-hydrogen) atoms. The minimum absolute atomic E-state index is 0.145. The van der Waals surface area contributed by atoms with Crippen molar-refractivity contribution in [2.24, 2.45) is 0 Å². The van der Waals surface area contributed by atoms with Gasteiger partial charge in [-0.1, -0.05) is 64.4 Å². The van der Waals surface area contributed by atoms with E-state index >= 15 is 0 Å². The summed E-state index contributed by atoms with van der Waals surface area (Å²) in [6, 6.07) is 5.70. The summed E-state index contributed by atoms with van der Waals surface area (Å²) < 4.78 is 12.8. The second kappa shape index (κ2) is 15.7. The first-order valence-electron chi connectivity index (χ1n) is 15.3. The van der Waals surface area contributed by atoms with E-state index < -0.39 is 37.0 Å². The fourth-order valence-corrected chi connectivity index (χ4v) is 5.38. The Balaban J connectivity index is 1.44. The Morgan fingerprint density at radius 2 is 1.79 bits per heavy atom. The van der Waals surface area contributed by atoms with Crippen LogP contribution in [0.5, 0.6) is 5.75 Å². The second-order valence-corrected chi connectivity index (χ2v) is 11.0. The Bertz CT molecular complexity index is 1360. The number of rotatable bonds is 16. The van der Waals surface area contributed by atoms with Crippen LogP contribution in [0, 0.1) is 6.92 Å². The van der Waals surface area contributed by atoms with Crippen molar-refractivity contribution in [2.75, 3.05) is 19.0 Å². The Morgan fingerprint density at radius 3 is 2.49 bits per heavy atom. The number of unbranched alkanes of at least 4 members (excludes halogenated alkanes) is 8. The number of aliphatic hydroxyl groups excluding tert-OH is 2. The highest BCUT2D eigenvalue weighted by Gasteiger charge is 2.46. The van der Waals surface area contributed by atoms with Crippen molar-refractivity contribution in [1.29, 1.82) is 0 Å². The summed E-state index contributed by atoms with van der Waals surface area (Å²) in [5, 5.41) is 26.5. The normalized spacial score (nSPS) is 19.9. The van der Waals surface area contributed by atoms with E-state index in [-0.39, 0.29) is 11.7 Å². The first kappa shape index (κ1) is 32.3. The van der Waals surface area contributed by atoms with Gasteiger partial charge in [0.05, 0.1) is 20.0 Å². The number of hydrogen-bond donors (Lipinski definition) is 4. The highest BCUT2D eigenvalue weighted by Crippen LogP contribution is 2.33. The number of anilines is 1. The van der Waals surface area contributed by atoms with Crippen LogP contribution in [0.3, 0.4) is 0 Å². The average Bonchev–Trinajstić information content (AvgIpc) is 3.56. The van der Waals surface area contributed by atoms with Crippen molar-refractivity contribution >= 4 is 28.8 Å². The van der Waals surface area contributed by atoms with Crippen LogP contribution in [0.25, 0.3) is 11.2 Å². The molecule has 2 aromatic heterocycles. The van der Waals surface area contributed by atoms with Gasteiger partial charge in [-0.2, -0.15) is 0 Å². The van der Waals surface area contributed by atoms with Crippen LogP contribution in [0.4, 0.5) is 5.82 Å². The minimum atomic E-state index is -1.21. The van der Waals surface area contributed by atoms with Gasteiger partial charge in [0.25, 0.3) is 5.91 Å². The first-order chi connectivity index (χ1) is 20.9. The van der Waals surface area contributed by atoms with Crippen molar-refractivity contribution in [3.63, 3.8) is 0 Å². The summed E-state index contributed by atoms with van der Waals surface area (Å²) in [5.41, 5.74) is 1.06. The Labute approximate surface area is 252 Å². The molecule has 0 saturated carbocycles. The predicted molar refractivity (Wildman–Crippen MR) is 162 cm³/mol. The molecule has 1 saturated heterocycles. The van der Waals surface area contributed by atoms with Gasteiger partial charge < -0.3 is 30.3 Å². The number of benzene rings is 1. The summed E-state index contributed by atoms with van der Waals surface area (Å²) in [6.45, 7) is 3.47. The molecule has 12 heteroatoms. The standard InChI is InChI=1S/C31H44N6O6/c1-4-5-6-7-8-9-10-11-12-16-24(39)35-28-26-29(34-20(2)33-28)37(19-32-26)31-25(27(40)23(18-38)43-31)36-30(41)21-14-13-15-22(17-21)42-3/h13-15,17,19,23,25,27,31,38,40H,4-12,16,18H2,1-3H3,(H,36,41)(H,33,34,35,39)/t23-,25-,27-,31-/m1/s1. The summed E-state index contributed by atoms with van der Waals surface area (Å²) in [6.07, 6.45) is 9.27. The van der Waals surface area contributed by atoms with Crippen molar-refractivity contribution in [2.45, 2.75) is 103 Å². The van der Waals surface area contributed by atoms with E-state index in [4.69, 9.17) is 9.47 Å². The monoisotopic (exact) mass is 596 g/mol. The molecule has 1 fully saturated rings. The molecule has 4 atom stereocenters. The molecule has 0 unspecified atom stereocenters. The topological polar surface area (TPSA) is 161 Å². The molecular weight excluding hydrogens is 552 g/mol. The molecule has 3 aromatic rings. The molecule has 12 nitrogen and oxygen atoms in total. The summed E-state index contributed by atoms with van der Waals surface area (Å²) in [7, 11) is 1.51. The van der Waals surface area contributed by atoms with Gasteiger partial charge in [-0.3, -0.25) is 14.2 Å². The summed E-state index contributed by atoms with van der Waals surface area (Å²) >= 11 is 0. The third kappa shape index (κ3) is 8.27. The van der Waals surface area contributed by atoms with Crippen molar-refractivity contribution < 1.29 is 29.3 Å². The second-order valence-electron chi connectivity index (χ2n) is 11.0. The Kier molecular flexibility index (Phi) is 11.8. The molecule has 4 N–H and O–H groups in total. The highest BCUT2D eigenvalue weighted by molar-refractivity contribution is 5.97. The van der Waals surface area contributed by atoms with Gasteiger partial charge >= 0.3 is 0 Å². The molecule has 234 valence electrons. The van der Waals surface area contributed by atoms with Crippen LogP contribution in [-0.2, 0) is 9.53 Å². The molecule has 1 aromatic carbocycles. The van der Waals surface area contributed by atoms with E-state index in [2.05, 4.69) is 32.5 Å². The number of methoxy groups -OCH3 is 1. The zero-order valence-corrected chi connectivity index (χ0v) is 25.3. The van der Waals surface area contributed by atoms with E-state index in [0.717, 1.165) is 19.3 Å². The molecule has 1 aliphatic rings. The van der Waals surface area contributed by atoms with Crippen LogP contribution < -0.4 is 15.4 Å². The molecule has 3 heterocycles. The zero-order valence-electron chi connectivity index (χ0n) is 25.3. The maximum Gasteiger partial charge on any atom is 0.251 e. The molecule has 2 amide bonds. The molecule has 4 rings (SSSR count). The minimum Gasteiger partial charge on any atom is -0.497 e. The molecule has 0 bridgehead atoms. The molecule has 0 radical (unpaired) electrons. The van der Waals surface area contributed by atoms with Gasteiger partial charge in [0, 0.05) is 12.0 Å². The molecule has 1 aliphatic heterocycles. The fraction of sp³-hybridized carbons (Fsp3) is 0.581. The average molecular weight is 597 g/mol. The summed E-state index contributed by atoms with van der Waals surface area (Å²) in [4.78, 5) is 39.3. The fourth-order valence-electron chi connectivity index (χ4n) is 5.38. The number of fused-ring (bicyclic) bond motifs is 1. The largest absolute Gasteiger partial charge is 0.497 e. The number of amides is 2. The number of carbonyl (C=O) groups excluding carboxylic acids is 2. The lowest BCUT2D eigenvalue weighted by atomic mass is 10.1. The number of aliphatic hydroxyl groups is 2. The Morgan fingerprint density at radius 1 is 1.07 bits per heavy atom. The van der Waals surface area contributed by atoms with Gasteiger partial charge in [-0.05, 0) is 31.5 Å².